The molecule has 2 aromatic rings. The summed E-state index contributed by atoms with van der Waals surface area (Å²) in [7, 11) is 1.19. The van der Waals surface area contributed by atoms with E-state index in [9.17, 15) is 14.0 Å². The fraction of sp³-hybridized carbons (Fsp3) is 0.400. The van der Waals surface area contributed by atoms with Gasteiger partial charge in [0.15, 0.2) is 5.76 Å². The van der Waals surface area contributed by atoms with Gasteiger partial charge in [0, 0.05) is 12.0 Å². The fourth-order valence-electron chi connectivity index (χ4n) is 2.61. The summed E-state index contributed by atoms with van der Waals surface area (Å²) in [5.41, 5.74) is 0.561. The van der Waals surface area contributed by atoms with Gasteiger partial charge in [-0.15, -0.1) is 0 Å². The number of carbonyl (C=O) groups excluding carboxylic acids is 2. The first kappa shape index (κ1) is 19.7. The lowest BCUT2D eigenvalue weighted by Gasteiger charge is -2.26. The van der Waals surface area contributed by atoms with Crippen LogP contribution in [-0.2, 0) is 9.53 Å². The number of amides is 1. The maximum atomic E-state index is 12.8. The van der Waals surface area contributed by atoms with Crippen molar-refractivity contribution in [3.63, 3.8) is 0 Å². The van der Waals surface area contributed by atoms with Gasteiger partial charge in [0.2, 0.25) is 0 Å². The van der Waals surface area contributed by atoms with Gasteiger partial charge in [0.05, 0.1) is 13.8 Å². The summed E-state index contributed by atoms with van der Waals surface area (Å²) in [6.45, 7) is 4.85. The number of rotatable bonds is 7. The minimum atomic E-state index is -1.45. The standard InChI is InChI=1S/C20H24FNO4/c1-13(2)14-6-5-7-15(12-14)16-8-9-17(26-16)18(23)22-20(3,10-11-21)19(24)25-4/h5-9,12-13H,10-11H2,1-4H3,(H,22,23). The van der Waals surface area contributed by atoms with Crippen molar-refractivity contribution in [2.75, 3.05) is 13.8 Å². The molecule has 1 N–H and O–H groups in total. The van der Waals surface area contributed by atoms with Crippen LogP contribution in [0.1, 0.15) is 49.2 Å². The maximum Gasteiger partial charge on any atom is 0.331 e. The summed E-state index contributed by atoms with van der Waals surface area (Å²) in [5, 5.41) is 2.51. The average Bonchev–Trinajstić information content (AvgIpc) is 3.11. The molecule has 0 aliphatic heterocycles. The van der Waals surface area contributed by atoms with Crippen molar-refractivity contribution in [1.82, 2.24) is 5.32 Å². The molecule has 6 heteroatoms. The van der Waals surface area contributed by atoms with Gasteiger partial charge >= 0.3 is 5.97 Å². The van der Waals surface area contributed by atoms with Crippen LogP contribution in [0, 0.1) is 0 Å². The summed E-state index contributed by atoms with van der Waals surface area (Å²) in [6.07, 6.45) is -0.185. The number of alkyl halides is 1. The molecule has 0 spiro atoms. The smallest absolute Gasteiger partial charge is 0.331 e. The van der Waals surface area contributed by atoms with E-state index < -0.39 is 24.1 Å². The van der Waals surface area contributed by atoms with Gasteiger partial charge in [-0.25, -0.2) is 4.79 Å². The molecule has 2 rings (SSSR count). The highest BCUT2D eigenvalue weighted by Crippen LogP contribution is 2.26. The molecule has 1 heterocycles. The number of benzene rings is 1. The zero-order chi connectivity index (χ0) is 19.3. The van der Waals surface area contributed by atoms with Crippen LogP contribution in [0.4, 0.5) is 4.39 Å². The Labute approximate surface area is 152 Å². The maximum absolute atomic E-state index is 12.8. The SMILES string of the molecule is COC(=O)C(C)(CCF)NC(=O)c1ccc(-c2cccc(C(C)C)c2)o1. The Balaban J connectivity index is 2.22. The molecule has 140 valence electrons. The van der Waals surface area contributed by atoms with Crippen LogP contribution >= 0.6 is 0 Å². The van der Waals surface area contributed by atoms with E-state index in [1.165, 1.54) is 20.1 Å². The number of esters is 1. The van der Waals surface area contributed by atoms with E-state index in [4.69, 9.17) is 4.42 Å². The molecule has 0 aliphatic carbocycles. The molecule has 0 fully saturated rings. The first-order chi connectivity index (χ1) is 12.3. The number of furan rings is 1. The highest BCUT2D eigenvalue weighted by atomic mass is 19.1. The third-order valence-electron chi connectivity index (χ3n) is 4.29. The van der Waals surface area contributed by atoms with E-state index in [1.807, 2.05) is 24.3 Å². The van der Waals surface area contributed by atoms with Gasteiger partial charge in [-0.1, -0.05) is 32.0 Å². The van der Waals surface area contributed by atoms with Crippen molar-refractivity contribution in [2.24, 2.45) is 0 Å². The van der Waals surface area contributed by atoms with Crippen molar-refractivity contribution in [3.8, 4) is 11.3 Å². The molecule has 0 saturated carbocycles. The molecular weight excluding hydrogens is 337 g/mol. The minimum absolute atomic E-state index is 0.0453. The third kappa shape index (κ3) is 4.31. The molecule has 5 nitrogen and oxygen atoms in total. The highest BCUT2D eigenvalue weighted by Gasteiger charge is 2.36. The van der Waals surface area contributed by atoms with Gasteiger partial charge < -0.3 is 14.5 Å². The lowest BCUT2D eigenvalue weighted by molar-refractivity contribution is -0.148. The van der Waals surface area contributed by atoms with Crippen molar-refractivity contribution in [3.05, 3.63) is 47.7 Å². The quantitative estimate of drug-likeness (QED) is 0.754. The van der Waals surface area contributed by atoms with Gasteiger partial charge in [0.1, 0.15) is 11.3 Å². The third-order valence-corrected chi connectivity index (χ3v) is 4.29. The van der Waals surface area contributed by atoms with E-state index in [0.717, 1.165) is 11.1 Å². The van der Waals surface area contributed by atoms with Gasteiger partial charge in [-0.2, -0.15) is 0 Å². The summed E-state index contributed by atoms with van der Waals surface area (Å²) >= 11 is 0. The van der Waals surface area contributed by atoms with Crippen molar-refractivity contribution in [2.45, 2.75) is 38.6 Å². The van der Waals surface area contributed by atoms with Gasteiger partial charge in [-0.3, -0.25) is 9.18 Å². The Kier molecular flexibility index (Phi) is 6.18. The molecule has 0 bridgehead atoms. The normalized spacial score (nSPS) is 13.3. The van der Waals surface area contributed by atoms with Crippen LogP contribution in [0.2, 0.25) is 0 Å². The van der Waals surface area contributed by atoms with E-state index in [1.54, 1.807) is 6.07 Å². The predicted octanol–water partition coefficient (Wildman–Crippen LogP) is 4.09. The molecule has 1 aromatic carbocycles. The predicted molar refractivity (Wildman–Crippen MR) is 96.7 cm³/mol. The number of hydrogen-bond donors (Lipinski definition) is 1. The Bertz CT molecular complexity index is 784. The second-order valence-corrected chi connectivity index (χ2v) is 6.66. The minimum Gasteiger partial charge on any atom is -0.467 e. The Morgan fingerprint density at radius 2 is 2.00 bits per heavy atom. The Morgan fingerprint density at radius 3 is 2.62 bits per heavy atom. The van der Waals surface area contributed by atoms with Gasteiger partial charge in [0.25, 0.3) is 5.91 Å². The van der Waals surface area contributed by atoms with Crippen LogP contribution in [0.15, 0.2) is 40.8 Å². The van der Waals surface area contributed by atoms with E-state index in [2.05, 4.69) is 23.9 Å². The summed E-state index contributed by atoms with van der Waals surface area (Å²) < 4.78 is 23.1. The summed E-state index contributed by atoms with van der Waals surface area (Å²) in [4.78, 5) is 24.3. The van der Waals surface area contributed by atoms with Gasteiger partial charge in [-0.05, 0) is 36.6 Å². The Hall–Kier alpha value is -2.63. The van der Waals surface area contributed by atoms with E-state index in [-0.39, 0.29) is 12.2 Å². The fourth-order valence-corrected chi connectivity index (χ4v) is 2.61. The molecule has 0 aliphatic rings. The van der Waals surface area contributed by atoms with E-state index in [0.29, 0.717) is 11.7 Å². The second-order valence-electron chi connectivity index (χ2n) is 6.66. The molecule has 1 aromatic heterocycles. The largest absolute Gasteiger partial charge is 0.467 e. The summed E-state index contributed by atoms with van der Waals surface area (Å²) in [6, 6.07) is 11.1. The molecule has 1 atom stereocenters. The second kappa shape index (κ2) is 8.17. The zero-order valence-corrected chi connectivity index (χ0v) is 15.5. The molecule has 26 heavy (non-hydrogen) atoms. The Morgan fingerprint density at radius 1 is 1.27 bits per heavy atom. The lowest BCUT2D eigenvalue weighted by Crippen LogP contribution is -2.53. The first-order valence-corrected chi connectivity index (χ1v) is 8.48. The average molecular weight is 361 g/mol. The first-order valence-electron chi connectivity index (χ1n) is 8.48. The highest BCUT2D eigenvalue weighted by molar-refractivity contribution is 5.96. The number of hydrogen-bond acceptors (Lipinski definition) is 4. The topological polar surface area (TPSA) is 68.5 Å². The van der Waals surface area contributed by atoms with E-state index >= 15 is 0 Å². The van der Waals surface area contributed by atoms with Crippen LogP contribution in [-0.4, -0.2) is 31.2 Å². The van der Waals surface area contributed by atoms with Crippen LogP contribution < -0.4 is 5.32 Å². The number of nitrogens with one attached hydrogen (secondary N) is 1. The zero-order valence-electron chi connectivity index (χ0n) is 15.5. The van der Waals surface area contributed by atoms with Crippen molar-refractivity contribution < 1.29 is 23.1 Å². The number of carbonyl (C=O) groups is 2. The van der Waals surface area contributed by atoms with Crippen LogP contribution in [0.25, 0.3) is 11.3 Å². The number of ether oxygens (including phenoxy) is 1. The molecular formula is C20H24FNO4. The van der Waals surface area contributed by atoms with Crippen molar-refractivity contribution >= 4 is 11.9 Å². The summed E-state index contributed by atoms with van der Waals surface area (Å²) in [5.74, 6) is -0.349. The lowest BCUT2D eigenvalue weighted by atomic mass is 9.98. The monoisotopic (exact) mass is 361 g/mol. The van der Waals surface area contributed by atoms with Crippen molar-refractivity contribution in [1.29, 1.82) is 0 Å². The van der Waals surface area contributed by atoms with Crippen LogP contribution in [0.5, 0.6) is 0 Å². The van der Waals surface area contributed by atoms with Crippen LogP contribution in [0.3, 0.4) is 0 Å². The molecule has 1 unspecified atom stereocenters. The number of methoxy groups -OCH3 is 1. The number of halogens is 1. The molecule has 1 amide bonds. The molecule has 0 saturated heterocycles. The molecule has 0 radical (unpaired) electrons.